The van der Waals surface area contributed by atoms with Crippen LogP contribution in [0.2, 0.25) is 5.02 Å². The number of aromatic nitrogens is 4. The van der Waals surface area contributed by atoms with Crippen LogP contribution in [0.15, 0.2) is 48.8 Å². The maximum absolute atomic E-state index is 10.5. The highest BCUT2D eigenvalue weighted by Gasteiger charge is 2.17. The van der Waals surface area contributed by atoms with E-state index in [-0.39, 0.29) is 5.75 Å². The Labute approximate surface area is 155 Å². The molecular weight excluding hydrogens is 348 g/mol. The molecule has 5 nitrogen and oxygen atoms in total. The van der Waals surface area contributed by atoms with Crippen LogP contribution in [0.4, 0.5) is 0 Å². The van der Waals surface area contributed by atoms with Crippen molar-refractivity contribution < 1.29 is 5.11 Å². The van der Waals surface area contributed by atoms with Crippen LogP contribution in [-0.2, 0) is 12.8 Å². The van der Waals surface area contributed by atoms with E-state index in [1.807, 2.05) is 25.1 Å². The fourth-order valence-electron chi connectivity index (χ4n) is 2.96. The predicted octanol–water partition coefficient (Wildman–Crippen LogP) is 4.47. The van der Waals surface area contributed by atoms with Gasteiger partial charge in [0.1, 0.15) is 11.3 Å². The van der Waals surface area contributed by atoms with Crippen molar-refractivity contribution in [2.45, 2.75) is 19.8 Å². The Balaban J connectivity index is 1.61. The molecule has 2 heterocycles. The average Bonchev–Trinajstić information content (AvgIpc) is 3.07. The molecule has 4 aromatic rings. The van der Waals surface area contributed by atoms with Crippen LogP contribution in [0.5, 0.6) is 5.75 Å². The molecule has 2 N–H and O–H groups in total. The Bertz CT molecular complexity index is 1060. The summed E-state index contributed by atoms with van der Waals surface area (Å²) in [6, 6.07) is 12.0. The maximum Gasteiger partial charge on any atom is 0.163 e. The highest BCUT2D eigenvalue weighted by atomic mass is 35.5. The second-order valence-electron chi connectivity index (χ2n) is 6.20. The van der Waals surface area contributed by atoms with Crippen LogP contribution in [0.3, 0.4) is 0 Å². The van der Waals surface area contributed by atoms with Crippen LogP contribution in [0.1, 0.15) is 17.0 Å². The van der Waals surface area contributed by atoms with Crippen LogP contribution in [-0.4, -0.2) is 25.0 Å². The van der Waals surface area contributed by atoms with E-state index in [1.165, 1.54) is 5.56 Å². The van der Waals surface area contributed by atoms with Gasteiger partial charge >= 0.3 is 0 Å². The van der Waals surface area contributed by atoms with E-state index in [2.05, 4.69) is 32.1 Å². The van der Waals surface area contributed by atoms with Gasteiger partial charge < -0.3 is 10.1 Å². The van der Waals surface area contributed by atoms with E-state index < -0.39 is 0 Å². The van der Waals surface area contributed by atoms with Crippen molar-refractivity contribution in [1.29, 1.82) is 0 Å². The lowest BCUT2D eigenvalue weighted by Gasteiger charge is -2.07. The molecule has 0 bridgehead atoms. The molecule has 130 valence electrons. The van der Waals surface area contributed by atoms with Gasteiger partial charge in [0, 0.05) is 12.4 Å². The van der Waals surface area contributed by atoms with Crippen molar-refractivity contribution >= 4 is 22.6 Å². The molecule has 0 fully saturated rings. The Morgan fingerprint density at radius 1 is 1.04 bits per heavy atom. The summed E-state index contributed by atoms with van der Waals surface area (Å²) in [7, 11) is 0. The number of nitrogens with one attached hydrogen (secondary N) is 1. The summed E-state index contributed by atoms with van der Waals surface area (Å²) in [5.41, 5.74) is 3.84. The number of aromatic amines is 1. The topological polar surface area (TPSA) is 74.7 Å². The molecule has 4 rings (SSSR count). The SMILES string of the molecule is Cc1nc2c(O)c(-c3ncc(CCc4ccccc4)cn3)cc(Cl)c2[nH]1. The molecule has 0 amide bonds. The number of nitrogens with zero attached hydrogens (tertiary/aromatic N) is 3. The number of aryl methyl sites for hydroxylation is 3. The summed E-state index contributed by atoms with van der Waals surface area (Å²) in [5.74, 6) is 1.15. The van der Waals surface area contributed by atoms with Crippen molar-refractivity contribution in [2.24, 2.45) is 0 Å². The number of hydrogen-bond acceptors (Lipinski definition) is 4. The van der Waals surface area contributed by atoms with E-state index in [0.717, 1.165) is 18.4 Å². The Morgan fingerprint density at radius 2 is 1.73 bits per heavy atom. The highest BCUT2D eigenvalue weighted by Crippen LogP contribution is 2.37. The van der Waals surface area contributed by atoms with Gasteiger partial charge in [-0.25, -0.2) is 15.0 Å². The van der Waals surface area contributed by atoms with E-state index in [1.54, 1.807) is 18.5 Å². The van der Waals surface area contributed by atoms with Gasteiger partial charge in [-0.1, -0.05) is 41.9 Å². The summed E-state index contributed by atoms with van der Waals surface area (Å²) >= 11 is 6.31. The first-order valence-corrected chi connectivity index (χ1v) is 8.72. The molecule has 0 aliphatic carbocycles. The van der Waals surface area contributed by atoms with E-state index in [9.17, 15) is 5.11 Å². The van der Waals surface area contributed by atoms with Gasteiger partial charge in [-0.05, 0) is 37.0 Å². The third kappa shape index (κ3) is 3.13. The number of benzene rings is 2. The minimum atomic E-state index is 0.0331. The predicted molar refractivity (Wildman–Crippen MR) is 102 cm³/mol. The Morgan fingerprint density at radius 3 is 2.46 bits per heavy atom. The highest BCUT2D eigenvalue weighted by molar-refractivity contribution is 6.35. The van der Waals surface area contributed by atoms with Crippen molar-refractivity contribution in [2.75, 3.05) is 0 Å². The summed E-state index contributed by atoms with van der Waals surface area (Å²) in [6.07, 6.45) is 5.37. The number of aromatic hydroxyl groups is 1. The smallest absolute Gasteiger partial charge is 0.163 e. The quantitative estimate of drug-likeness (QED) is 0.560. The summed E-state index contributed by atoms with van der Waals surface area (Å²) in [5, 5.41) is 11.0. The molecule has 0 spiro atoms. The molecule has 0 saturated heterocycles. The summed E-state index contributed by atoms with van der Waals surface area (Å²) in [4.78, 5) is 16.2. The zero-order valence-corrected chi connectivity index (χ0v) is 15.0. The standard InChI is InChI=1S/C20H17ClN4O/c1-12-24-17-16(21)9-15(19(26)18(17)25-12)20-22-10-14(11-23-20)8-7-13-5-3-2-4-6-13/h2-6,9-11,26H,7-8H2,1H3,(H,24,25). The van der Waals surface area contributed by atoms with Gasteiger partial charge in [0.15, 0.2) is 11.6 Å². The van der Waals surface area contributed by atoms with Gasteiger partial charge in [0.2, 0.25) is 0 Å². The molecule has 0 unspecified atom stereocenters. The number of halogens is 1. The number of imidazole rings is 1. The van der Waals surface area contributed by atoms with Gasteiger partial charge in [0.25, 0.3) is 0 Å². The number of hydrogen-bond donors (Lipinski definition) is 2. The van der Waals surface area contributed by atoms with Crippen molar-refractivity contribution in [3.05, 3.63) is 70.8 Å². The molecule has 0 saturated carbocycles. The molecule has 0 atom stereocenters. The Hall–Kier alpha value is -2.92. The molecule has 26 heavy (non-hydrogen) atoms. The molecule has 0 radical (unpaired) electrons. The lowest BCUT2D eigenvalue weighted by atomic mass is 10.1. The molecule has 2 aromatic carbocycles. The number of fused-ring (bicyclic) bond motifs is 1. The van der Waals surface area contributed by atoms with Crippen LogP contribution in [0.25, 0.3) is 22.4 Å². The maximum atomic E-state index is 10.5. The molecule has 6 heteroatoms. The minimum absolute atomic E-state index is 0.0331. The van der Waals surface area contributed by atoms with Crippen LogP contribution >= 0.6 is 11.6 Å². The first-order valence-electron chi connectivity index (χ1n) is 8.35. The monoisotopic (exact) mass is 364 g/mol. The Kier molecular flexibility index (Phi) is 4.31. The largest absolute Gasteiger partial charge is 0.505 e. The number of phenols is 1. The number of H-pyrrole nitrogens is 1. The molecule has 0 aliphatic heterocycles. The zero-order chi connectivity index (χ0) is 18.1. The van der Waals surface area contributed by atoms with Crippen LogP contribution < -0.4 is 0 Å². The minimum Gasteiger partial charge on any atom is -0.505 e. The second kappa shape index (κ2) is 6.77. The van der Waals surface area contributed by atoms with Crippen molar-refractivity contribution in [3.8, 4) is 17.1 Å². The van der Waals surface area contributed by atoms with Gasteiger partial charge in [0.05, 0.1) is 16.1 Å². The van der Waals surface area contributed by atoms with E-state index in [0.29, 0.717) is 33.3 Å². The molecule has 0 aliphatic rings. The fraction of sp³-hybridized carbons (Fsp3) is 0.150. The first-order chi connectivity index (χ1) is 12.6. The summed E-state index contributed by atoms with van der Waals surface area (Å²) in [6.45, 7) is 1.81. The van der Waals surface area contributed by atoms with Crippen molar-refractivity contribution in [3.63, 3.8) is 0 Å². The number of phenolic OH excluding ortho intramolecular Hbond substituents is 1. The van der Waals surface area contributed by atoms with Gasteiger partial charge in [-0.2, -0.15) is 0 Å². The van der Waals surface area contributed by atoms with Gasteiger partial charge in [-0.3, -0.25) is 0 Å². The van der Waals surface area contributed by atoms with Crippen molar-refractivity contribution in [1.82, 2.24) is 19.9 Å². The van der Waals surface area contributed by atoms with Crippen LogP contribution in [0, 0.1) is 6.92 Å². The first kappa shape index (κ1) is 16.5. The fourth-order valence-corrected chi connectivity index (χ4v) is 3.20. The van der Waals surface area contributed by atoms with Gasteiger partial charge in [-0.15, -0.1) is 0 Å². The average molecular weight is 365 g/mol. The third-order valence-corrected chi connectivity index (χ3v) is 4.60. The third-order valence-electron chi connectivity index (χ3n) is 4.30. The lowest BCUT2D eigenvalue weighted by molar-refractivity contribution is 0.482. The molecular formula is C20H17ClN4O. The molecule has 2 aromatic heterocycles. The normalized spacial score (nSPS) is 11.2. The number of rotatable bonds is 4. The zero-order valence-electron chi connectivity index (χ0n) is 14.2. The second-order valence-corrected chi connectivity index (χ2v) is 6.61. The summed E-state index contributed by atoms with van der Waals surface area (Å²) < 4.78 is 0. The van der Waals surface area contributed by atoms with E-state index in [4.69, 9.17) is 11.6 Å². The van der Waals surface area contributed by atoms with E-state index >= 15 is 0 Å². The lowest BCUT2D eigenvalue weighted by Crippen LogP contribution is -1.96.